The summed E-state index contributed by atoms with van der Waals surface area (Å²) in [5, 5.41) is 5.37. The van der Waals surface area contributed by atoms with Crippen molar-refractivity contribution >= 4 is 40.5 Å². The Morgan fingerprint density at radius 2 is 1.78 bits per heavy atom. The number of benzene rings is 2. The molecule has 0 bridgehead atoms. The Bertz CT molecular complexity index is 610. The smallest absolute Gasteiger partial charge is 0.0595 e. The van der Waals surface area contributed by atoms with Crippen molar-refractivity contribution < 1.29 is 0 Å². The van der Waals surface area contributed by atoms with Gasteiger partial charge in [-0.05, 0) is 41.8 Å². The van der Waals surface area contributed by atoms with Gasteiger partial charge in [0.2, 0.25) is 0 Å². The van der Waals surface area contributed by atoms with Crippen LogP contribution in [0, 0.1) is 0 Å². The van der Waals surface area contributed by atoms with Crippen LogP contribution in [0.5, 0.6) is 0 Å². The summed E-state index contributed by atoms with van der Waals surface area (Å²) >= 11 is 18.0. The second kappa shape index (κ2) is 4.65. The molecule has 0 saturated heterocycles. The van der Waals surface area contributed by atoms with Crippen LogP contribution in [0.3, 0.4) is 0 Å². The van der Waals surface area contributed by atoms with Gasteiger partial charge >= 0.3 is 0 Å². The Balaban J connectivity index is 1.91. The number of hydrogen-bond donors (Lipinski definition) is 1. The van der Waals surface area contributed by atoms with E-state index in [-0.39, 0.29) is 6.04 Å². The zero-order valence-electron chi connectivity index (χ0n) is 9.38. The Hall–Kier alpha value is -0.890. The zero-order valence-corrected chi connectivity index (χ0v) is 11.7. The molecule has 1 atom stereocenters. The summed E-state index contributed by atoms with van der Waals surface area (Å²) in [5.74, 6) is 0. The predicted octanol–water partition coefficient (Wildman–Crippen LogP) is 5.36. The molecule has 1 nitrogen and oxygen atoms in total. The third-order valence-electron chi connectivity index (χ3n) is 3.17. The van der Waals surface area contributed by atoms with Crippen LogP contribution in [0.25, 0.3) is 0 Å². The largest absolute Gasteiger partial charge is 0.378 e. The van der Waals surface area contributed by atoms with Crippen molar-refractivity contribution in [2.24, 2.45) is 0 Å². The van der Waals surface area contributed by atoms with Gasteiger partial charge < -0.3 is 5.32 Å². The molecule has 4 heteroatoms. The molecule has 2 aromatic rings. The molecule has 0 amide bonds. The van der Waals surface area contributed by atoms with Crippen LogP contribution in [0.15, 0.2) is 36.4 Å². The fourth-order valence-electron chi connectivity index (χ4n) is 2.25. The highest BCUT2D eigenvalue weighted by atomic mass is 35.5. The fourth-order valence-corrected chi connectivity index (χ4v) is 2.73. The van der Waals surface area contributed by atoms with Crippen molar-refractivity contribution in [1.29, 1.82) is 0 Å². The van der Waals surface area contributed by atoms with Crippen molar-refractivity contribution in [3.63, 3.8) is 0 Å². The number of rotatable bonds is 1. The first-order valence-electron chi connectivity index (χ1n) is 5.63. The molecule has 0 saturated carbocycles. The van der Waals surface area contributed by atoms with Gasteiger partial charge in [-0.25, -0.2) is 0 Å². The Morgan fingerprint density at radius 1 is 0.944 bits per heavy atom. The predicted molar refractivity (Wildman–Crippen MR) is 78.0 cm³/mol. The highest BCUT2D eigenvalue weighted by Gasteiger charge is 2.22. The summed E-state index contributed by atoms with van der Waals surface area (Å²) in [7, 11) is 0. The molecule has 0 radical (unpaired) electrons. The van der Waals surface area contributed by atoms with E-state index in [0.29, 0.717) is 10.0 Å². The topological polar surface area (TPSA) is 12.0 Å². The van der Waals surface area contributed by atoms with Crippen LogP contribution in [-0.2, 0) is 6.42 Å². The summed E-state index contributed by atoms with van der Waals surface area (Å²) < 4.78 is 0. The molecule has 18 heavy (non-hydrogen) atoms. The van der Waals surface area contributed by atoms with Gasteiger partial charge in [0.05, 0.1) is 16.1 Å². The van der Waals surface area contributed by atoms with Gasteiger partial charge in [0.25, 0.3) is 0 Å². The van der Waals surface area contributed by atoms with Crippen LogP contribution in [0.2, 0.25) is 15.1 Å². The summed E-state index contributed by atoms with van der Waals surface area (Å²) in [6, 6.07) is 11.9. The van der Waals surface area contributed by atoms with Crippen LogP contribution in [0.4, 0.5) is 5.69 Å². The lowest BCUT2D eigenvalue weighted by Gasteiger charge is -2.12. The van der Waals surface area contributed by atoms with Crippen LogP contribution in [0.1, 0.15) is 17.2 Å². The number of fused-ring (bicyclic) bond motifs is 1. The van der Waals surface area contributed by atoms with E-state index >= 15 is 0 Å². The minimum Gasteiger partial charge on any atom is -0.378 e. The normalized spacial score (nSPS) is 17.4. The van der Waals surface area contributed by atoms with Crippen molar-refractivity contribution in [2.75, 3.05) is 5.32 Å². The summed E-state index contributed by atoms with van der Waals surface area (Å²) in [5.41, 5.74) is 3.51. The van der Waals surface area contributed by atoms with Crippen LogP contribution < -0.4 is 5.32 Å². The van der Waals surface area contributed by atoms with E-state index in [1.165, 1.54) is 5.56 Å². The van der Waals surface area contributed by atoms with E-state index in [9.17, 15) is 0 Å². The monoisotopic (exact) mass is 297 g/mol. The van der Waals surface area contributed by atoms with Crippen molar-refractivity contribution in [3.05, 3.63) is 62.6 Å². The van der Waals surface area contributed by atoms with Gasteiger partial charge in [0.1, 0.15) is 0 Å². The molecule has 0 aliphatic carbocycles. The summed E-state index contributed by atoms with van der Waals surface area (Å²) in [4.78, 5) is 0. The molecular weight excluding hydrogens is 289 g/mol. The lowest BCUT2D eigenvalue weighted by Crippen LogP contribution is -2.05. The summed E-state index contributed by atoms with van der Waals surface area (Å²) in [6.07, 6.45) is 0.935. The van der Waals surface area contributed by atoms with E-state index in [4.69, 9.17) is 34.8 Å². The third kappa shape index (κ3) is 2.18. The van der Waals surface area contributed by atoms with E-state index in [1.54, 1.807) is 0 Å². The molecule has 1 unspecified atom stereocenters. The van der Waals surface area contributed by atoms with Gasteiger partial charge in [-0.3, -0.25) is 0 Å². The second-order valence-electron chi connectivity index (χ2n) is 4.38. The van der Waals surface area contributed by atoms with Gasteiger partial charge in [0, 0.05) is 10.7 Å². The molecule has 1 heterocycles. The number of halogens is 3. The number of hydrogen-bond acceptors (Lipinski definition) is 1. The van der Waals surface area contributed by atoms with Crippen molar-refractivity contribution in [2.45, 2.75) is 12.5 Å². The molecule has 1 aliphatic heterocycles. The maximum absolute atomic E-state index is 6.05. The molecule has 92 valence electrons. The minimum absolute atomic E-state index is 0.230. The Morgan fingerprint density at radius 3 is 2.56 bits per heavy atom. The molecule has 1 N–H and O–H groups in total. The first-order chi connectivity index (χ1) is 8.63. The molecule has 2 aromatic carbocycles. The van der Waals surface area contributed by atoms with Gasteiger partial charge in [-0.1, -0.05) is 46.9 Å². The van der Waals surface area contributed by atoms with Crippen LogP contribution >= 0.6 is 34.8 Å². The molecule has 0 aromatic heterocycles. The van der Waals surface area contributed by atoms with Crippen LogP contribution in [-0.4, -0.2) is 0 Å². The first-order valence-corrected chi connectivity index (χ1v) is 6.77. The molecule has 0 spiro atoms. The van der Waals surface area contributed by atoms with Crippen molar-refractivity contribution in [3.8, 4) is 0 Å². The highest BCUT2D eigenvalue weighted by Crippen LogP contribution is 2.37. The van der Waals surface area contributed by atoms with Gasteiger partial charge in [-0.15, -0.1) is 0 Å². The van der Waals surface area contributed by atoms with E-state index in [2.05, 4.69) is 11.4 Å². The quantitative estimate of drug-likeness (QED) is 0.747. The SMILES string of the molecule is Clc1ccc2c(c1)NC(c1ccc(Cl)c(Cl)c1)C2. The molecule has 1 aliphatic rings. The first kappa shape index (κ1) is 12.2. The van der Waals surface area contributed by atoms with Crippen molar-refractivity contribution in [1.82, 2.24) is 0 Å². The van der Waals surface area contributed by atoms with E-state index in [0.717, 1.165) is 22.7 Å². The fraction of sp³-hybridized carbons (Fsp3) is 0.143. The third-order valence-corrected chi connectivity index (χ3v) is 4.15. The standard InChI is InChI=1S/C14H10Cl3N/c15-10-3-1-9-6-13(18-14(9)7-10)8-2-4-11(16)12(17)5-8/h1-5,7,13,18H,6H2. The average molecular weight is 299 g/mol. The van der Waals surface area contributed by atoms with E-state index < -0.39 is 0 Å². The maximum Gasteiger partial charge on any atom is 0.0595 e. The summed E-state index contributed by atoms with van der Waals surface area (Å²) in [6.45, 7) is 0. The zero-order chi connectivity index (χ0) is 12.7. The lowest BCUT2D eigenvalue weighted by atomic mass is 10.0. The highest BCUT2D eigenvalue weighted by molar-refractivity contribution is 6.42. The Labute approximate surface area is 121 Å². The molecule has 0 fully saturated rings. The second-order valence-corrected chi connectivity index (χ2v) is 5.63. The van der Waals surface area contributed by atoms with E-state index in [1.807, 2.05) is 30.3 Å². The Kier molecular flexibility index (Phi) is 3.14. The molecular formula is C14H10Cl3N. The van der Waals surface area contributed by atoms with Gasteiger partial charge in [0.15, 0.2) is 0 Å². The molecule has 3 rings (SSSR count). The maximum atomic E-state index is 6.05. The average Bonchev–Trinajstić information content (AvgIpc) is 2.75. The van der Waals surface area contributed by atoms with Gasteiger partial charge in [-0.2, -0.15) is 0 Å². The lowest BCUT2D eigenvalue weighted by molar-refractivity contribution is 0.824. The number of nitrogens with one attached hydrogen (secondary N) is 1. The number of anilines is 1. The minimum atomic E-state index is 0.230.